The minimum absolute atomic E-state index is 0. The average molecular weight is 232 g/mol. The summed E-state index contributed by atoms with van der Waals surface area (Å²) in [6.45, 7) is 4.06. The van der Waals surface area contributed by atoms with Gasteiger partial charge in [-0.25, -0.2) is 0 Å². The highest BCUT2D eigenvalue weighted by Gasteiger charge is 2.53. The van der Waals surface area contributed by atoms with Crippen molar-refractivity contribution in [2.24, 2.45) is 17.8 Å². The molecular weight excluding hydrogens is 214 g/mol. The Hall–Kier alpha value is -0.320. The molecule has 3 rings (SSSR count). The van der Waals surface area contributed by atoms with Crippen molar-refractivity contribution in [3.8, 4) is 0 Å². The van der Waals surface area contributed by atoms with Crippen molar-refractivity contribution in [1.82, 2.24) is 16.0 Å². The summed E-state index contributed by atoms with van der Waals surface area (Å²) in [5.41, 5.74) is 0. The van der Waals surface area contributed by atoms with E-state index in [2.05, 4.69) is 16.0 Å². The van der Waals surface area contributed by atoms with Crippen molar-refractivity contribution in [3.05, 3.63) is 0 Å². The number of halogens is 1. The average Bonchev–Trinajstić information content (AvgIpc) is 2.75. The van der Waals surface area contributed by atoms with Gasteiger partial charge in [-0.2, -0.15) is 0 Å². The lowest BCUT2D eigenvalue weighted by atomic mass is 10.1. The third-order valence-corrected chi connectivity index (χ3v) is 3.83. The quantitative estimate of drug-likeness (QED) is 0.592. The van der Waals surface area contributed by atoms with E-state index in [1.54, 1.807) is 0 Å². The molecule has 0 aromatic heterocycles. The third-order valence-electron chi connectivity index (χ3n) is 3.83. The van der Waals surface area contributed by atoms with E-state index in [1.807, 2.05) is 0 Å². The van der Waals surface area contributed by atoms with Crippen molar-refractivity contribution < 1.29 is 4.79 Å². The van der Waals surface area contributed by atoms with Crippen LogP contribution in [0.15, 0.2) is 0 Å². The molecule has 0 aromatic rings. The monoisotopic (exact) mass is 231 g/mol. The van der Waals surface area contributed by atoms with Crippen LogP contribution in [0.3, 0.4) is 0 Å². The van der Waals surface area contributed by atoms with E-state index < -0.39 is 0 Å². The van der Waals surface area contributed by atoms with Crippen LogP contribution in [0.2, 0.25) is 0 Å². The summed E-state index contributed by atoms with van der Waals surface area (Å²) >= 11 is 0. The molecule has 2 saturated heterocycles. The first-order valence-electron chi connectivity index (χ1n) is 5.58. The van der Waals surface area contributed by atoms with Gasteiger partial charge in [-0.05, 0) is 24.8 Å². The fraction of sp³-hybridized carbons (Fsp3) is 0.900. The summed E-state index contributed by atoms with van der Waals surface area (Å²) in [7, 11) is 0. The minimum atomic E-state index is 0. The number of rotatable bonds is 2. The molecule has 2 aliphatic heterocycles. The Kier molecular flexibility index (Phi) is 3.19. The minimum Gasteiger partial charge on any atom is -0.352 e. The van der Waals surface area contributed by atoms with Gasteiger partial charge < -0.3 is 16.0 Å². The molecule has 2 heterocycles. The fourth-order valence-electron chi connectivity index (χ4n) is 2.79. The van der Waals surface area contributed by atoms with E-state index in [0.29, 0.717) is 6.04 Å². The van der Waals surface area contributed by atoms with Gasteiger partial charge in [0.05, 0.1) is 5.92 Å². The van der Waals surface area contributed by atoms with E-state index in [4.69, 9.17) is 0 Å². The van der Waals surface area contributed by atoms with Crippen LogP contribution in [0.1, 0.15) is 6.42 Å². The Labute approximate surface area is 96.0 Å². The van der Waals surface area contributed by atoms with Gasteiger partial charge in [-0.3, -0.25) is 4.79 Å². The lowest BCUT2D eigenvalue weighted by Gasteiger charge is -2.11. The molecule has 5 heteroatoms. The molecule has 15 heavy (non-hydrogen) atoms. The van der Waals surface area contributed by atoms with E-state index in [9.17, 15) is 4.79 Å². The first-order chi connectivity index (χ1) is 6.86. The third kappa shape index (κ3) is 1.98. The van der Waals surface area contributed by atoms with E-state index in [-0.39, 0.29) is 24.2 Å². The summed E-state index contributed by atoms with van der Waals surface area (Å²) in [6.07, 6.45) is 1.01. The van der Waals surface area contributed by atoms with Crippen LogP contribution in [0.5, 0.6) is 0 Å². The van der Waals surface area contributed by atoms with Gasteiger partial charge >= 0.3 is 0 Å². The zero-order chi connectivity index (χ0) is 9.54. The highest BCUT2D eigenvalue weighted by molar-refractivity contribution is 5.85. The van der Waals surface area contributed by atoms with E-state index in [0.717, 1.165) is 44.4 Å². The van der Waals surface area contributed by atoms with Crippen LogP contribution in [-0.2, 0) is 4.79 Å². The lowest BCUT2D eigenvalue weighted by Crippen LogP contribution is -2.37. The number of fused-ring (bicyclic) bond motifs is 1. The van der Waals surface area contributed by atoms with Gasteiger partial charge in [0.15, 0.2) is 0 Å². The molecule has 1 saturated carbocycles. The molecule has 3 N–H and O–H groups in total. The standard InChI is InChI=1S/C10H17N3O.ClH/c14-10(6-1-2-11-3-6)13-9-7-4-12-5-8(7)9;/h6-9,11-12H,1-5H2,(H,13,14);1H/t6-,7-,8+,9?;/m1./s1. The maximum atomic E-state index is 11.8. The van der Waals surface area contributed by atoms with Gasteiger partial charge in [0.1, 0.15) is 0 Å². The molecule has 1 unspecified atom stereocenters. The predicted molar refractivity (Wildman–Crippen MR) is 60.0 cm³/mol. The van der Waals surface area contributed by atoms with Crippen LogP contribution in [0, 0.1) is 17.8 Å². The van der Waals surface area contributed by atoms with Crippen molar-refractivity contribution in [1.29, 1.82) is 0 Å². The maximum Gasteiger partial charge on any atom is 0.224 e. The summed E-state index contributed by atoms with van der Waals surface area (Å²) in [5, 5.41) is 9.73. The first kappa shape index (κ1) is 11.2. The second-order valence-corrected chi connectivity index (χ2v) is 4.71. The highest BCUT2D eigenvalue weighted by atomic mass is 35.5. The largest absolute Gasteiger partial charge is 0.352 e. The number of carbonyl (C=O) groups excluding carboxylic acids is 1. The Morgan fingerprint density at radius 2 is 1.87 bits per heavy atom. The zero-order valence-corrected chi connectivity index (χ0v) is 9.48. The fourth-order valence-corrected chi connectivity index (χ4v) is 2.79. The Morgan fingerprint density at radius 3 is 2.47 bits per heavy atom. The van der Waals surface area contributed by atoms with Crippen LogP contribution in [0.4, 0.5) is 0 Å². The summed E-state index contributed by atoms with van der Waals surface area (Å²) in [4.78, 5) is 11.8. The molecule has 0 aromatic carbocycles. The molecule has 3 aliphatic rings. The number of hydrogen-bond donors (Lipinski definition) is 3. The van der Waals surface area contributed by atoms with Crippen LogP contribution in [0.25, 0.3) is 0 Å². The normalized spacial score (nSPS) is 41.9. The first-order valence-corrected chi connectivity index (χ1v) is 5.58. The number of nitrogens with one attached hydrogen (secondary N) is 3. The second kappa shape index (κ2) is 4.28. The summed E-state index contributed by atoms with van der Waals surface area (Å²) < 4.78 is 0. The number of piperidine rings is 1. The van der Waals surface area contributed by atoms with Crippen molar-refractivity contribution in [2.45, 2.75) is 12.5 Å². The molecular formula is C10H18ClN3O. The summed E-state index contributed by atoms with van der Waals surface area (Å²) in [5.74, 6) is 1.96. The molecule has 1 amide bonds. The number of hydrogen-bond acceptors (Lipinski definition) is 3. The van der Waals surface area contributed by atoms with Gasteiger partial charge in [-0.1, -0.05) is 0 Å². The molecule has 0 bridgehead atoms. The number of carbonyl (C=O) groups is 1. The molecule has 4 atom stereocenters. The number of amides is 1. The van der Waals surface area contributed by atoms with Gasteiger partial charge in [-0.15, -0.1) is 12.4 Å². The van der Waals surface area contributed by atoms with Crippen molar-refractivity contribution in [2.75, 3.05) is 26.2 Å². The van der Waals surface area contributed by atoms with E-state index in [1.165, 1.54) is 0 Å². The Balaban J connectivity index is 0.000000853. The van der Waals surface area contributed by atoms with Crippen LogP contribution >= 0.6 is 12.4 Å². The SMILES string of the molecule is Cl.O=C(NC1[C@H]2CNC[C@@H]12)[C@@H]1CCNC1. The molecule has 0 spiro atoms. The highest BCUT2D eigenvalue weighted by Crippen LogP contribution is 2.41. The predicted octanol–water partition coefficient (Wildman–Crippen LogP) is -0.648. The zero-order valence-electron chi connectivity index (χ0n) is 8.66. The maximum absolute atomic E-state index is 11.8. The molecule has 0 radical (unpaired) electrons. The molecule has 3 fully saturated rings. The lowest BCUT2D eigenvalue weighted by molar-refractivity contribution is -0.124. The molecule has 4 nitrogen and oxygen atoms in total. The topological polar surface area (TPSA) is 53.2 Å². The second-order valence-electron chi connectivity index (χ2n) is 4.71. The van der Waals surface area contributed by atoms with Gasteiger partial charge in [0.25, 0.3) is 0 Å². The smallest absolute Gasteiger partial charge is 0.224 e. The van der Waals surface area contributed by atoms with Crippen molar-refractivity contribution >= 4 is 18.3 Å². The molecule has 1 aliphatic carbocycles. The summed E-state index contributed by atoms with van der Waals surface area (Å²) in [6, 6.07) is 0.490. The van der Waals surface area contributed by atoms with Crippen LogP contribution in [-0.4, -0.2) is 38.1 Å². The van der Waals surface area contributed by atoms with Crippen LogP contribution < -0.4 is 16.0 Å². The van der Waals surface area contributed by atoms with Crippen molar-refractivity contribution in [3.63, 3.8) is 0 Å². The Bertz CT molecular complexity index is 245. The Morgan fingerprint density at radius 1 is 1.13 bits per heavy atom. The van der Waals surface area contributed by atoms with Gasteiger partial charge in [0.2, 0.25) is 5.91 Å². The van der Waals surface area contributed by atoms with E-state index >= 15 is 0 Å². The molecule has 86 valence electrons. The van der Waals surface area contributed by atoms with Gasteiger partial charge in [0, 0.05) is 25.7 Å².